The van der Waals surface area contributed by atoms with Crippen molar-refractivity contribution in [2.24, 2.45) is 28.6 Å². The van der Waals surface area contributed by atoms with Crippen LogP contribution in [0.2, 0.25) is 0 Å². The van der Waals surface area contributed by atoms with Crippen LogP contribution in [-0.4, -0.2) is 11.9 Å². The summed E-state index contributed by atoms with van der Waals surface area (Å²) in [5.41, 5.74) is 2.90. The molecule has 0 aliphatic heterocycles. The average molecular weight is 221 g/mol. The summed E-state index contributed by atoms with van der Waals surface area (Å²) in [6.45, 7) is 0. The number of hydrogen-bond acceptors (Lipinski definition) is 2. The molecular weight excluding hydrogens is 198 g/mol. The van der Waals surface area contributed by atoms with Crippen LogP contribution in [0.15, 0.2) is 4.99 Å². The lowest BCUT2D eigenvalue weighted by atomic mass is 10.0. The molecule has 90 valence electrons. The smallest absolute Gasteiger partial charge is 0.114 e. The maximum Gasteiger partial charge on any atom is 0.114 e. The van der Waals surface area contributed by atoms with Gasteiger partial charge in [0, 0.05) is 5.92 Å². The molecule has 0 aromatic heterocycles. The van der Waals surface area contributed by atoms with Gasteiger partial charge >= 0.3 is 0 Å². The van der Waals surface area contributed by atoms with Crippen molar-refractivity contribution in [3.8, 4) is 0 Å². The highest BCUT2D eigenvalue weighted by atomic mass is 15.3. The highest BCUT2D eigenvalue weighted by Gasteiger charge is 2.53. The molecule has 0 aromatic rings. The first kappa shape index (κ1) is 10.6. The minimum Gasteiger partial charge on any atom is -0.312 e. The van der Waals surface area contributed by atoms with E-state index in [9.17, 15) is 0 Å². The number of amidine groups is 1. The maximum absolute atomic E-state index is 5.67. The number of nitrogens with two attached hydrogens (primary N) is 1. The molecule has 3 aliphatic carbocycles. The molecule has 2 atom stereocenters. The Kier molecular flexibility index (Phi) is 2.88. The highest BCUT2D eigenvalue weighted by Crippen LogP contribution is 2.55. The maximum atomic E-state index is 5.67. The topological polar surface area (TPSA) is 50.4 Å². The van der Waals surface area contributed by atoms with Gasteiger partial charge in [0.15, 0.2) is 0 Å². The van der Waals surface area contributed by atoms with Crippen LogP contribution in [-0.2, 0) is 0 Å². The van der Waals surface area contributed by atoms with Gasteiger partial charge in [-0.05, 0) is 37.5 Å². The van der Waals surface area contributed by atoms with Gasteiger partial charge in [-0.25, -0.2) is 5.84 Å². The molecule has 3 nitrogen and oxygen atoms in total. The monoisotopic (exact) mass is 221 g/mol. The molecule has 0 radical (unpaired) electrons. The number of nitrogens with one attached hydrogen (secondary N) is 1. The Morgan fingerprint density at radius 3 is 2.06 bits per heavy atom. The second-order valence-electron chi connectivity index (χ2n) is 5.73. The van der Waals surface area contributed by atoms with Gasteiger partial charge in [0.2, 0.25) is 0 Å². The molecule has 3 heteroatoms. The van der Waals surface area contributed by atoms with Crippen molar-refractivity contribution in [3.63, 3.8) is 0 Å². The van der Waals surface area contributed by atoms with Gasteiger partial charge in [-0.15, -0.1) is 0 Å². The average Bonchev–Trinajstić information content (AvgIpc) is 2.81. The molecule has 2 unspecified atom stereocenters. The third-order valence-electron chi connectivity index (χ3n) is 4.77. The summed E-state index contributed by atoms with van der Waals surface area (Å²) in [6.07, 6.45) is 10.9. The lowest BCUT2D eigenvalue weighted by molar-refractivity contribution is 0.480. The zero-order valence-electron chi connectivity index (χ0n) is 9.99. The Labute approximate surface area is 97.9 Å². The van der Waals surface area contributed by atoms with Gasteiger partial charge in [-0.2, -0.15) is 0 Å². The highest BCUT2D eigenvalue weighted by molar-refractivity contribution is 5.87. The number of rotatable bonds is 2. The molecule has 3 fully saturated rings. The minimum atomic E-state index is 0.564. The van der Waals surface area contributed by atoms with E-state index in [0.717, 1.165) is 17.7 Å². The van der Waals surface area contributed by atoms with Crippen LogP contribution in [0.3, 0.4) is 0 Å². The van der Waals surface area contributed by atoms with E-state index in [1.54, 1.807) is 0 Å². The van der Waals surface area contributed by atoms with E-state index in [-0.39, 0.29) is 0 Å². The van der Waals surface area contributed by atoms with Crippen molar-refractivity contribution in [1.29, 1.82) is 0 Å². The van der Waals surface area contributed by atoms with E-state index < -0.39 is 0 Å². The second-order valence-corrected chi connectivity index (χ2v) is 5.73. The third kappa shape index (κ3) is 1.86. The van der Waals surface area contributed by atoms with E-state index in [0.29, 0.717) is 12.0 Å². The van der Waals surface area contributed by atoms with Crippen LogP contribution in [0.4, 0.5) is 0 Å². The van der Waals surface area contributed by atoms with Crippen molar-refractivity contribution in [2.45, 2.75) is 57.4 Å². The Morgan fingerprint density at radius 2 is 1.50 bits per heavy atom. The van der Waals surface area contributed by atoms with Crippen LogP contribution < -0.4 is 11.3 Å². The quantitative estimate of drug-likeness (QED) is 0.325. The van der Waals surface area contributed by atoms with E-state index >= 15 is 0 Å². The molecule has 0 amide bonds. The van der Waals surface area contributed by atoms with E-state index in [2.05, 4.69) is 5.43 Å². The Hall–Kier alpha value is -0.570. The first-order valence-electron chi connectivity index (χ1n) is 6.94. The number of aliphatic imine (C=N–C) groups is 1. The third-order valence-corrected chi connectivity index (χ3v) is 4.77. The van der Waals surface area contributed by atoms with E-state index in [4.69, 9.17) is 10.8 Å². The summed E-state index contributed by atoms with van der Waals surface area (Å²) in [5.74, 6) is 9.30. The van der Waals surface area contributed by atoms with Crippen LogP contribution in [0.1, 0.15) is 51.4 Å². The van der Waals surface area contributed by atoms with Crippen LogP contribution in [0, 0.1) is 17.8 Å². The van der Waals surface area contributed by atoms with Gasteiger partial charge < -0.3 is 5.43 Å². The molecule has 0 heterocycles. The normalized spacial score (nSPS) is 39.6. The number of nitrogens with zero attached hydrogens (tertiary/aromatic N) is 1. The van der Waals surface area contributed by atoms with Gasteiger partial charge in [0.25, 0.3) is 0 Å². The fourth-order valence-corrected chi connectivity index (χ4v) is 3.85. The summed E-state index contributed by atoms with van der Waals surface area (Å²) in [7, 11) is 0. The molecule has 0 saturated heterocycles. The molecule has 3 saturated carbocycles. The Balaban J connectivity index is 1.66. The van der Waals surface area contributed by atoms with E-state index in [1.807, 2.05) is 0 Å². The molecule has 0 bridgehead atoms. The molecule has 16 heavy (non-hydrogen) atoms. The predicted octanol–water partition coefficient (Wildman–Crippen LogP) is 2.23. The molecular formula is C13H23N3. The second kappa shape index (κ2) is 4.36. The number of hydrogen-bond donors (Lipinski definition) is 2. The lowest BCUT2D eigenvalue weighted by Crippen LogP contribution is -2.33. The summed E-state index contributed by atoms with van der Waals surface area (Å²) in [5, 5.41) is 0. The zero-order chi connectivity index (χ0) is 11.0. The van der Waals surface area contributed by atoms with Gasteiger partial charge in [-0.3, -0.25) is 4.99 Å². The largest absolute Gasteiger partial charge is 0.312 e. The summed E-state index contributed by atoms with van der Waals surface area (Å²) in [4.78, 5) is 4.86. The molecule has 3 aliphatic rings. The molecule has 0 spiro atoms. The standard InChI is InChI=1S/C13H23N3/c14-16-13(15-9-5-1-2-6-9)12-10-7-3-4-8-11(10)12/h9-12H,1-8,14H2,(H,15,16). The first-order chi connectivity index (χ1) is 7.90. The SMILES string of the molecule is NNC(=NC1CCCC1)C1C2CCCCC21. The van der Waals surface area contributed by atoms with Crippen molar-refractivity contribution < 1.29 is 0 Å². The zero-order valence-corrected chi connectivity index (χ0v) is 9.99. The molecule has 3 rings (SSSR count). The van der Waals surface area contributed by atoms with Crippen LogP contribution in [0.25, 0.3) is 0 Å². The van der Waals surface area contributed by atoms with Crippen molar-refractivity contribution in [3.05, 3.63) is 0 Å². The number of hydrazine groups is 1. The molecule has 0 aromatic carbocycles. The predicted molar refractivity (Wildman–Crippen MR) is 66.0 cm³/mol. The summed E-state index contributed by atoms with van der Waals surface area (Å²) < 4.78 is 0. The Morgan fingerprint density at radius 1 is 0.938 bits per heavy atom. The fourth-order valence-electron chi connectivity index (χ4n) is 3.85. The van der Waals surface area contributed by atoms with Crippen molar-refractivity contribution in [1.82, 2.24) is 5.43 Å². The molecule has 3 N–H and O–H groups in total. The van der Waals surface area contributed by atoms with Gasteiger partial charge in [-0.1, -0.05) is 25.7 Å². The van der Waals surface area contributed by atoms with Gasteiger partial charge in [0.05, 0.1) is 6.04 Å². The minimum absolute atomic E-state index is 0.564. The summed E-state index contributed by atoms with van der Waals surface area (Å²) in [6, 6.07) is 0.564. The Bertz CT molecular complexity index is 269. The van der Waals surface area contributed by atoms with Gasteiger partial charge in [0.1, 0.15) is 5.84 Å². The summed E-state index contributed by atoms with van der Waals surface area (Å²) >= 11 is 0. The lowest BCUT2D eigenvalue weighted by Gasteiger charge is -2.09. The van der Waals surface area contributed by atoms with Crippen LogP contribution in [0.5, 0.6) is 0 Å². The fraction of sp³-hybridized carbons (Fsp3) is 0.923. The van der Waals surface area contributed by atoms with E-state index in [1.165, 1.54) is 51.4 Å². The van der Waals surface area contributed by atoms with Crippen molar-refractivity contribution >= 4 is 5.84 Å². The number of fused-ring (bicyclic) bond motifs is 1. The van der Waals surface area contributed by atoms with Crippen LogP contribution >= 0.6 is 0 Å². The van der Waals surface area contributed by atoms with Crippen molar-refractivity contribution in [2.75, 3.05) is 0 Å². The first-order valence-corrected chi connectivity index (χ1v) is 6.94.